The van der Waals surface area contributed by atoms with Crippen LogP contribution in [0.1, 0.15) is 23.6 Å². The highest BCUT2D eigenvalue weighted by Gasteiger charge is 2.50. The molecule has 0 spiro atoms. The number of rotatable bonds is 16. The topological polar surface area (TPSA) is 149 Å². The number of carbonyl (C=O) groups is 3. The second kappa shape index (κ2) is 19.5. The molecule has 1 heterocycles. The number of benzene rings is 3. The first kappa shape index (κ1) is 37.3. The van der Waals surface area contributed by atoms with Crippen molar-refractivity contribution in [2.24, 2.45) is 0 Å². The van der Waals surface area contributed by atoms with Gasteiger partial charge in [-0.2, -0.15) is 0 Å². The number of carbonyl (C=O) groups excluding carboxylic acids is 3. The smallest absolute Gasteiger partial charge is 0.407 e. The molecule has 3 aromatic carbocycles. The maximum absolute atomic E-state index is 12.8. The van der Waals surface area contributed by atoms with Crippen molar-refractivity contribution in [2.75, 3.05) is 27.9 Å². The number of hydrogen-bond donors (Lipinski definition) is 2. The molecule has 0 radical (unpaired) electrons. The van der Waals surface area contributed by atoms with Crippen LogP contribution in [-0.4, -0.2) is 88.9 Å². The van der Waals surface area contributed by atoms with Gasteiger partial charge in [-0.25, -0.2) is 14.4 Å². The maximum Gasteiger partial charge on any atom is 0.407 e. The predicted molar refractivity (Wildman–Crippen MR) is 176 cm³/mol. The Morgan fingerprint density at radius 1 is 0.694 bits per heavy atom. The number of methoxy groups -OCH3 is 3. The van der Waals surface area contributed by atoms with E-state index in [4.69, 9.17) is 37.9 Å². The van der Waals surface area contributed by atoms with Gasteiger partial charge in [0.2, 0.25) is 0 Å². The summed E-state index contributed by atoms with van der Waals surface area (Å²) < 4.78 is 46.6. The molecule has 2 N–H and O–H groups in total. The zero-order valence-corrected chi connectivity index (χ0v) is 28.0. The molecule has 264 valence electrons. The van der Waals surface area contributed by atoms with Gasteiger partial charge in [0.15, 0.2) is 12.3 Å². The molecule has 1 saturated heterocycles. The van der Waals surface area contributed by atoms with Gasteiger partial charge in [0.1, 0.15) is 24.4 Å². The Hall–Kier alpha value is -4.53. The summed E-state index contributed by atoms with van der Waals surface area (Å²) in [7, 11) is 3.58. The Morgan fingerprint density at radius 3 is 1.71 bits per heavy atom. The lowest BCUT2D eigenvalue weighted by Crippen LogP contribution is -2.67. The Kier molecular flexibility index (Phi) is 14.8. The van der Waals surface area contributed by atoms with E-state index in [9.17, 15) is 14.4 Å². The van der Waals surface area contributed by atoms with Gasteiger partial charge in [0.25, 0.3) is 0 Å². The van der Waals surface area contributed by atoms with E-state index >= 15 is 0 Å². The largest absolute Gasteiger partial charge is 0.467 e. The van der Waals surface area contributed by atoms with Crippen LogP contribution in [0.15, 0.2) is 91.0 Å². The third-order valence-electron chi connectivity index (χ3n) is 7.81. The molecular weight excluding hydrogens is 636 g/mol. The van der Waals surface area contributed by atoms with Gasteiger partial charge in [-0.05, 0) is 23.6 Å². The first-order valence-corrected chi connectivity index (χ1v) is 15.8. The first-order valence-electron chi connectivity index (χ1n) is 15.8. The average Bonchev–Trinajstić information content (AvgIpc) is 3.14. The minimum Gasteiger partial charge on any atom is -0.467 e. The van der Waals surface area contributed by atoms with Gasteiger partial charge in [-0.15, -0.1) is 0 Å². The van der Waals surface area contributed by atoms with Crippen LogP contribution in [0.5, 0.6) is 0 Å². The number of nitrogens with one attached hydrogen (secondary N) is 2. The van der Waals surface area contributed by atoms with E-state index in [2.05, 4.69) is 10.6 Å². The molecule has 0 unspecified atom stereocenters. The Balaban J connectivity index is 1.69. The van der Waals surface area contributed by atoms with Gasteiger partial charge >= 0.3 is 18.2 Å². The van der Waals surface area contributed by atoms with Crippen molar-refractivity contribution in [2.45, 2.75) is 69.5 Å². The maximum atomic E-state index is 12.8. The molecule has 4 rings (SSSR count). The fraction of sp³-hybridized carbons (Fsp3) is 0.417. The van der Waals surface area contributed by atoms with Crippen molar-refractivity contribution in [3.05, 3.63) is 108 Å². The van der Waals surface area contributed by atoms with Crippen molar-refractivity contribution in [3.63, 3.8) is 0 Å². The summed E-state index contributed by atoms with van der Waals surface area (Å²) in [5, 5.41) is 5.22. The third-order valence-corrected chi connectivity index (χ3v) is 7.81. The summed E-state index contributed by atoms with van der Waals surface area (Å²) in [6, 6.07) is 26.5. The molecule has 0 aliphatic carbocycles. The summed E-state index contributed by atoms with van der Waals surface area (Å²) in [5.41, 5.74) is 2.74. The Bertz CT molecular complexity index is 1430. The SMILES string of the molecule is COC(=O)N[C@H]1[C@@H](O[C@H](C)[C@H](NC(=O)OC)C(=O)OC)O[C@H](COCc2ccccc2)[C@H](OCc2ccccc2)[C@@H]1OCc1ccccc1. The second-order valence-corrected chi connectivity index (χ2v) is 11.2. The highest BCUT2D eigenvalue weighted by Crippen LogP contribution is 2.30. The highest BCUT2D eigenvalue weighted by atomic mass is 16.7. The van der Waals surface area contributed by atoms with Crippen LogP contribution in [0.4, 0.5) is 9.59 Å². The molecule has 1 fully saturated rings. The molecule has 13 nitrogen and oxygen atoms in total. The minimum absolute atomic E-state index is 0.0551. The molecule has 0 saturated carbocycles. The van der Waals surface area contributed by atoms with Crippen molar-refractivity contribution >= 4 is 18.2 Å². The molecule has 49 heavy (non-hydrogen) atoms. The normalized spacial score (nSPS) is 21.5. The van der Waals surface area contributed by atoms with E-state index in [1.807, 2.05) is 91.0 Å². The number of ether oxygens (including phenoxy) is 8. The molecule has 7 atom stereocenters. The molecule has 1 aliphatic heterocycles. The average molecular weight is 681 g/mol. The number of esters is 1. The van der Waals surface area contributed by atoms with Crippen molar-refractivity contribution < 1.29 is 52.3 Å². The second-order valence-electron chi connectivity index (χ2n) is 11.2. The predicted octanol–water partition coefficient (Wildman–Crippen LogP) is 4.13. The Labute approximate surface area is 286 Å². The van der Waals surface area contributed by atoms with E-state index < -0.39 is 60.9 Å². The lowest BCUT2D eigenvalue weighted by Gasteiger charge is -2.46. The van der Waals surface area contributed by atoms with Gasteiger partial charge in [0.05, 0.1) is 53.9 Å². The van der Waals surface area contributed by atoms with Crippen molar-refractivity contribution in [1.82, 2.24) is 10.6 Å². The van der Waals surface area contributed by atoms with Crippen molar-refractivity contribution in [3.8, 4) is 0 Å². The molecule has 0 aromatic heterocycles. The van der Waals surface area contributed by atoms with Crippen LogP contribution in [0.3, 0.4) is 0 Å². The standard InChI is InChI=1S/C36H44N2O11/c1-24(29(33(39)42-2)37-35(40)43-3)48-34-30(38-36(41)44-4)32(47-22-27-18-12-7-13-19-27)31(46-21-26-16-10-6-11-17-26)28(49-34)23-45-20-25-14-8-5-9-15-25/h5-19,24,28-32,34H,20-23H2,1-4H3,(H,37,40)(H,38,41)/t24-,28-,29+,30-,31+,32-,34+/m1/s1. The van der Waals surface area contributed by atoms with Crippen LogP contribution in [0.2, 0.25) is 0 Å². The number of alkyl carbamates (subject to hydrolysis) is 2. The molecule has 1 aliphatic rings. The van der Waals surface area contributed by atoms with Crippen LogP contribution in [0, 0.1) is 0 Å². The molecule has 13 heteroatoms. The van der Waals surface area contributed by atoms with E-state index in [1.165, 1.54) is 21.3 Å². The summed E-state index contributed by atoms with van der Waals surface area (Å²) in [5.74, 6) is -0.783. The van der Waals surface area contributed by atoms with Gasteiger partial charge in [-0.1, -0.05) is 91.0 Å². The van der Waals surface area contributed by atoms with Gasteiger partial charge in [-0.3, -0.25) is 0 Å². The summed E-state index contributed by atoms with van der Waals surface area (Å²) in [6.07, 6.45) is -6.40. The van der Waals surface area contributed by atoms with E-state index in [-0.39, 0.29) is 19.8 Å². The molecular formula is C36H44N2O11. The van der Waals surface area contributed by atoms with Gasteiger partial charge in [0, 0.05) is 0 Å². The van der Waals surface area contributed by atoms with Crippen LogP contribution >= 0.6 is 0 Å². The van der Waals surface area contributed by atoms with E-state index in [0.29, 0.717) is 6.61 Å². The van der Waals surface area contributed by atoms with E-state index in [0.717, 1.165) is 16.7 Å². The fourth-order valence-electron chi connectivity index (χ4n) is 5.27. The lowest BCUT2D eigenvalue weighted by atomic mass is 9.95. The minimum atomic E-state index is -1.29. The molecule has 2 amide bonds. The van der Waals surface area contributed by atoms with Crippen LogP contribution < -0.4 is 10.6 Å². The van der Waals surface area contributed by atoms with Crippen molar-refractivity contribution in [1.29, 1.82) is 0 Å². The quantitative estimate of drug-likeness (QED) is 0.166. The number of amides is 2. The van der Waals surface area contributed by atoms with Gasteiger partial charge < -0.3 is 48.5 Å². The zero-order valence-electron chi connectivity index (χ0n) is 28.0. The third kappa shape index (κ3) is 11.3. The Morgan fingerprint density at radius 2 is 1.20 bits per heavy atom. The highest BCUT2D eigenvalue weighted by molar-refractivity contribution is 5.81. The number of hydrogen-bond acceptors (Lipinski definition) is 11. The summed E-state index contributed by atoms with van der Waals surface area (Å²) in [6.45, 7) is 2.26. The first-order chi connectivity index (χ1) is 23.8. The monoisotopic (exact) mass is 680 g/mol. The summed E-state index contributed by atoms with van der Waals surface area (Å²) >= 11 is 0. The van der Waals surface area contributed by atoms with E-state index in [1.54, 1.807) is 6.92 Å². The summed E-state index contributed by atoms with van der Waals surface area (Å²) in [4.78, 5) is 37.6. The zero-order chi connectivity index (χ0) is 35.0. The fourth-order valence-corrected chi connectivity index (χ4v) is 5.27. The van der Waals surface area contributed by atoms with Crippen LogP contribution in [-0.2, 0) is 62.5 Å². The molecule has 0 bridgehead atoms. The molecule has 3 aromatic rings. The van der Waals surface area contributed by atoms with Crippen LogP contribution in [0.25, 0.3) is 0 Å². The lowest BCUT2D eigenvalue weighted by molar-refractivity contribution is -0.299.